The van der Waals surface area contributed by atoms with Gasteiger partial charge < -0.3 is 15.8 Å². The third kappa shape index (κ3) is 4.81. The fourth-order valence-electron chi connectivity index (χ4n) is 1.96. The van der Waals surface area contributed by atoms with E-state index in [9.17, 15) is 4.79 Å². The highest BCUT2D eigenvalue weighted by atomic mass is 16.5. The summed E-state index contributed by atoms with van der Waals surface area (Å²) in [4.78, 5) is 12.0. The summed E-state index contributed by atoms with van der Waals surface area (Å²) < 4.78 is 5.07. The minimum absolute atomic E-state index is 0.0849. The second-order valence-electron chi connectivity index (χ2n) is 4.83. The van der Waals surface area contributed by atoms with Gasteiger partial charge in [-0.2, -0.15) is 0 Å². The van der Waals surface area contributed by atoms with Crippen LogP contribution in [0.3, 0.4) is 0 Å². The molecule has 19 heavy (non-hydrogen) atoms. The van der Waals surface area contributed by atoms with Crippen molar-refractivity contribution in [3.05, 3.63) is 23.8 Å². The van der Waals surface area contributed by atoms with Gasteiger partial charge in [-0.1, -0.05) is 26.2 Å². The largest absolute Gasteiger partial charge is 0.495 e. The summed E-state index contributed by atoms with van der Waals surface area (Å²) in [7, 11) is 1.56. The average molecular weight is 264 g/mol. The maximum atomic E-state index is 12.0. The summed E-state index contributed by atoms with van der Waals surface area (Å²) in [5, 5.41) is 2.98. The van der Waals surface area contributed by atoms with E-state index in [0.29, 0.717) is 17.0 Å². The van der Waals surface area contributed by atoms with Gasteiger partial charge in [0, 0.05) is 11.6 Å². The third-order valence-corrected chi connectivity index (χ3v) is 3.11. The number of hydrogen-bond donors (Lipinski definition) is 2. The summed E-state index contributed by atoms with van der Waals surface area (Å²) in [6.07, 6.45) is 4.54. The number of carbonyl (C=O) groups is 1. The van der Waals surface area contributed by atoms with Crippen LogP contribution < -0.4 is 15.8 Å². The fourth-order valence-corrected chi connectivity index (χ4v) is 1.96. The fraction of sp³-hybridized carbons (Fsp3) is 0.533. The molecule has 106 valence electrons. The van der Waals surface area contributed by atoms with Gasteiger partial charge in [-0.25, -0.2) is 0 Å². The number of methoxy groups -OCH3 is 1. The van der Waals surface area contributed by atoms with E-state index < -0.39 is 0 Å². The monoisotopic (exact) mass is 264 g/mol. The summed E-state index contributed by atoms with van der Waals surface area (Å²) in [5.41, 5.74) is 6.84. The molecule has 0 saturated heterocycles. The van der Waals surface area contributed by atoms with E-state index >= 15 is 0 Å². The maximum absolute atomic E-state index is 12.0. The van der Waals surface area contributed by atoms with Crippen LogP contribution >= 0.6 is 0 Å². The Bertz CT molecular complexity index is 419. The molecule has 0 aliphatic rings. The lowest BCUT2D eigenvalue weighted by Gasteiger charge is -2.14. The third-order valence-electron chi connectivity index (χ3n) is 3.11. The molecule has 0 radical (unpaired) electrons. The first-order valence-corrected chi connectivity index (χ1v) is 6.82. The molecule has 4 heteroatoms. The number of benzene rings is 1. The second-order valence-corrected chi connectivity index (χ2v) is 4.83. The Morgan fingerprint density at radius 2 is 2.16 bits per heavy atom. The number of hydrogen-bond acceptors (Lipinski definition) is 3. The molecule has 1 aromatic rings. The highest BCUT2D eigenvalue weighted by molar-refractivity contribution is 5.95. The molecule has 0 aliphatic heterocycles. The van der Waals surface area contributed by atoms with Crippen molar-refractivity contribution in [2.75, 3.05) is 12.8 Å². The number of nitrogen functional groups attached to an aromatic ring is 1. The number of anilines is 1. The van der Waals surface area contributed by atoms with Gasteiger partial charge in [-0.15, -0.1) is 0 Å². The molecular weight excluding hydrogens is 240 g/mol. The quantitative estimate of drug-likeness (QED) is 0.588. The molecule has 1 unspecified atom stereocenters. The Hall–Kier alpha value is -1.71. The van der Waals surface area contributed by atoms with E-state index in [1.54, 1.807) is 25.3 Å². The zero-order valence-corrected chi connectivity index (χ0v) is 12.0. The molecule has 1 amide bonds. The van der Waals surface area contributed by atoms with Gasteiger partial charge in [0.25, 0.3) is 5.91 Å². The number of amides is 1. The lowest BCUT2D eigenvalue weighted by atomic mass is 10.1. The van der Waals surface area contributed by atoms with Gasteiger partial charge in [0.05, 0.1) is 12.8 Å². The Kier molecular flexibility index (Phi) is 6.19. The van der Waals surface area contributed by atoms with E-state index in [1.165, 1.54) is 12.8 Å². The molecular formula is C15H24N2O2. The van der Waals surface area contributed by atoms with Crippen LogP contribution in [0.2, 0.25) is 0 Å². The smallest absolute Gasteiger partial charge is 0.251 e. The van der Waals surface area contributed by atoms with Gasteiger partial charge in [0.1, 0.15) is 5.75 Å². The van der Waals surface area contributed by atoms with Gasteiger partial charge in [0.2, 0.25) is 0 Å². The molecule has 1 aromatic carbocycles. The van der Waals surface area contributed by atoms with Crippen LogP contribution in [0, 0.1) is 0 Å². The van der Waals surface area contributed by atoms with Crippen LogP contribution in [0.25, 0.3) is 0 Å². The van der Waals surface area contributed by atoms with Crippen molar-refractivity contribution in [1.82, 2.24) is 5.32 Å². The molecule has 3 N–H and O–H groups in total. The van der Waals surface area contributed by atoms with Crippen molar-refractivity contribution in [3.63, 3.8) is 0 Å². The Balaban J connectivity index is 2.55. The molecule has 0 aliphatic carbocycles. The normalized spacial score (nSPS) is 11.9. The van der Waals surface area contributed by atoms with Crippen molar-refractivity contribution in [3.8, 4) is 5.75 Å². The van der Waals surface area contributed by atoms with E-state index in [4.69, 9.17) is 10.5 Å². The number of nitrogens with two attached hydrogens (primary N) is 1. The van der Waals surface area contributed by atoms with Crippen molar-refractivity contribution in [1.29, 1.82) is 0 Å². The van der Waals surface area contributed by atoms with Crippen LogP contribution in [0.1, 0.15) is 49.9 Å². The van der Waals surface area contributed by atoms with Crippen LogP contribution in [-0.2, 0) is 0 Å². The molecule has 0 bridgehead atoms. The van der Waals surface area contributed by atoms with Gasteiger partial charge in [-0.3, -0.25) is 4.79 Å². The lowest BCUT2D eigenvalue weighted by molar-refractivity contribution is 0.0938. The van der Waals surface area contributed by atoms with Gasteiger partial charge in [0.15, 0.2) is 0 Å². The van der Waals surface area contributed by atoms with Crippen molar-refractivity contribution >= 4 is 11.6 Å². The van der Waals surface area contributed by atoms with Crippen molar-refractivity contribution < 1.29 is 9.53 Å². The summed E-state index contributed by atoms with van der Waals surface area (Å²) in [6.45, 7) is 4.20. The second kappa shape index (κ2) is 7.67. The highest BCUT2D eigenvalue weighted by Gasteiger charge is 2.11. The summed E-state index contributed by atoms with van der Waals surface area (Å²) in [6, 6.07) is 5.27. The van der Waals surface area contributed by atoms with E-state index in [-0.39, 0.29) is 11.9 Å². The van der Waals surface area contributed by atoms with E-state index in [2.05, 4.69) is 12.2 Å². The first-order chi connectivity index (χ1) is 9.08. The molecule has 4 nitrogen and oxygen atoms in total. The van der Waals surface area contributed by atoms with Crippen LogP contribution in [0.4, 0.5) is 5.69 Å². The minimum Gasteiger partial charge on any atom is -0.495 e. The zero-order chi connectivity index (χ0) is 14.3. The van der Waals surface area contributed by atoms with Gasteiger partial charge in [-0.05, 0) is 31.5 Å². The van der Waals surface area contributed by atoms with E-state index in [0.717, 1.165) is 12.8 Å². The van der Waals surface area contributed by atoms with Crippen LogP contribution in [0.15, 0.2) is 18.2 Å². The lowest BCUT2D eigenvalue weighted by Crippen LogP contribution is -2.32. The molecule has 0 saturated carbocycles. The Morgan fingerprint density at radius 3 is 2.74 bits per heavy atom. The SMILES string of the molecule is CCCCCC(C)NC(=O)c1ccc(OC)c(N)c1. The van der Waals surface area contributed by atoms with Crippen molar-refractivity contribution in [2.24, 2.45) is 0 Å². The van der Waals surface area contributed by atoms with Crippen LogP contribution in [-0.4, -0.2) is 19.1 Å². The number of rotatable bonds is 7. The standard InChI is InChI=1S/C15H24N2O2/c1-4-5-6-7-11(2)17-15(18)12-8-9-14(19-3)13(16)10-12/h8-11H,4-7,16H2,1-3H3,(H,17,18). The number of carbonyl (C=O) groups excluding carboxylic acids is 1. The van der Waals surface area contributed by atoms with Crippen LogP contribution in [0.5, 0.6) is 5.75 Å². The van der Waals surface area contributed by atoms with E-state index in [1.807, 2.05) is 6.92 Å². The zero-order valence-electron chi connectivity index (χ0n) is 12.0. The predicted molar refractivity (Wildman–Crippen MR) is 78.5 cm³/mol. The topological polar surface area (TPSA) is 64.3 Å². The number of nitrogens with one attached hydrogen (secondary N) is 1. The minimum atomic E-state index is -0.0849. The summed E-state index contributed by atoms with van der Waals surface area (Å²) in [5.74, 6) is 0.505. The first-order valence-electron chi connectivity index (χ1n) is 6.82. The highest BCUT2D eigenvalue weighted by Crippen LogP contribution is 2.21. The van der Waals surface area contributed by atoms with Crippen molar-refractivity contribution in [2.45, 2.75) is 45.6 Å². The number of unbranched alkanes of at least 4 members (excludes halogenated alkanes) is 2. The maximum Gasteiger partial charge on any atom is 0.251 e. The molecule has 1 rings (SSSR count). The summed E-state index contributed by atoms with van der Waals surface area (Å²) >= 11 is 0. The number of ether oxygens (including phenoxy) is 1. The molecule has 0 heterocycles. The Labute approximate surface area is 115 Å². The molecule has 0 fully saturated rings. The predicted octanol–water partition coefficient (Wildman–Crippen LogP) is 2.98. The Morgan fingerprint density at radius 1 is 1.42 bits per heavy atom. The average Bonchev–Trinajstić information content (AvgIpc) is 2.38. The molecule has 0 spiro atoms. The molecule has 0 aromatic heterocycles. The van der Waals surface area contributed by atoms with Gasteiger partial charge >= 0.3 is 0 Å². The molecule has 1 atom stereocenters. The first kappa shape index (κ1) is 15.3.